The Kier molecular flexibility index (Phi) is 8.17. The fourth-order valence-electron chi connectivity index (χ4n) is 6.74. The van der Waals surface area contributed by atoms with Gasteiger partial charge in [-0.1, -0.05) is 140 Å². The van der Waals surface area contributed by atoms with Crippen molar-refractivity contribution < 1.29 is 0 Å². The number of hydrogen-bond acceptors (Lipinski definition) is 4. The van der Waals surface area contributed by atoms with E-state index in [0.29, 0.717) is 0 Å². The summed E-state index contributed by atoms with van der Waals surface area (Å²) < 4.78 is 1.16. The molecular formula is C47H32N2S2. The lowest BCUT2D eigenvalue weighted by Gasteiger charge is -2.26. The maximum atomic E-state index is 4.89. The normalized spacial score (nSPS) is 11.2. The summed E-state index contributed by atoms with van der Waals surface area (Å²) in [7, 11) is 0. The summed E-state index contributed by atoms with van der Waals surface area (Å²) in [5.41, 5.74) is 12.4. The molecule has 1 heterocycles. The highest BCUT2D eigenvalue weighted by atomic mass is 32.1. The van der Waals surface area contributed by atoms with Gasteiger partial charge in [0.2, 0.25) is 0 Å². The van der Waals surface area contributed by atoms with Crippen molar-refractivity contribution >= 4 is 62.0 Å². The van der Waals surface area contributed by atoms with Crippen molar-refractivity contribution in [2.75, 3.05) is 4.90 Å². The van der Waals surface area contributed by atoms with E-state index in [-0.39, 0.29) is 0 Å². The van der Waals surface area contributed by atoms with Crippen LogP contribution in [0.3, 0.4) is 0 Å². The van der Waals surface area contributed by atoms with E-state index in [1.54, 1.807) is 11.3 Å². The van der Waals surface area contributed by atoms with E-state index in [1.165, 1.54) is 33.0 Å². The largest absolute Gasteiger partial charge is 0.310 e. The molecule has 51 heavy (non-hydrogen) atoms. The molecule has 0 aliphatic heterocycles. The van der Waals surface area contributed by atoms with E-state index in [9.17, 15) is 0 Å². The van der Waals surface area contributed by atoms with Gasteiger partial charge in [-0.05, 0) is 92.7 Å². The first kappa shape index (κ1) is 31.1. The number of benzene rings is 8. The molecule has 0 spiro atoms. The second-order valence-corrected chi connectivity index (χ2v) is 14.1. The van der Waals surface area contributed by atoms with Crippen molar-refractivity contribution in [1.82, 2.24) is 4.98 Å². The first-order valence-electron chi connectivity index (χ1n) is 17.0. The zero-order valence-electron chi connectivity index (χ0n) is 27.6. The second-order valence-electron chi connectivity index (χ2n) is 12.6. The molecule has 0 bridgehead atoms. The van der Waals surface area contributed by atoms with Crippen LogP contribution in [-0.4, -0.2) is 4.98 Å². The van der Waals surface area contributed by atoms with Crippen LogP contribution in [0.4, 0.5) is 17.1 Å². The Morgan fingerprint density at radius 1 is 0.412 bits per heavy atom. The third-order valence-corrected chi connectivity index (χ3v) is 10.8. The molecule has 0 fully saturated rings. The summed E-state index contributed by atoms with van der Waals surface area (Å²) in [5.74, 6) is 0. The zero-order chi connectivity index (χ0) is 34.1. The molecule has 242 valence electrons. The van der Waals surface area contributed by atoms with Gasteiger partial charge in [-0.15, -0.1) is 24.0 Å². The van der Waals surface area contributed by atoms with Gasteiger partial charge < -0.3 is 4.90 Å². The quantitative estimate of drug-likeness (QED) is 0.168. The van der Waals surface area contributed by atoms with Crippen LogP contribution in [0.25, 0.3) is 64.9 Å². The summed E-state index contributed by atoms with van der Waals surface area (Å²) in [4.78, 5) is 8.15. The van der Waals surface area contributed by atoms with E-state index < -0.39 is 0 Å². The van der Waals surface area contributed by atoms with Crippen molar-refractivity contribution in [2.45, 2.75) is 4.90 Å². The van der Waals surface area contributed by atoms with E-state index >= 15 is 0 Å². The average Bonchev–Trinajstić information content (AvgIpc) is 3.62. The maximum absolute atomic E-state index is 4.89. The molecule has 0 aliphatic carbocycles. The van der Waals surface area contributed by atoms with Gasteiger partial charge in [-0.3, -0.25) is 0 Å². The van der Waals surface area contributed by atoms with Gasteiger partial charge >= 0.3 is 0 Å². The smallest absolute Gasteiger partial charge is 0.124 e. The zero-order valence-corrected chi connectivity index (χ0v) is 29.4. The van der Waals surface area contributed by atoms with Crippen molar-refractivity contribution in [1.29, 1.82) is 0 Å². The van der Waals surface area contributed by atoms with Gasteiger partial charge in [0.05, 0.1) is 10.2 Å². The van der Waals surface area contributed by atoms with E-state index in [4.69, 9.17) is 17.6 Å². The molecule has 9 rings (SSSR count). The Labute approximate surface area is 307 Å². The Balaban J connectivity index is 1.02. The van der Waals surface area contributed by atoms with E-state index in [2.05, 4.69) is 187 Å². The minimum Gasteiger partial charge on any atom is -0.310 e. The number of anilines is 3. The number of thiazole rings is 1. The SMILES string of the molecule is Sc1cc2nc(-c3ccccc3)sc2cc1-c1ccc(-c2ccc(N(c3ccc(-c4ccccc4)cc3)c3ccc4ccccc4c3)cc2)cc1. The Morgan fingerprint density at radius 3 is 1.53 bits per heavy atom. The molecular weight excluding hydrogens is 657 g/mol. The standard InChI is InChI=1S/C47H32N2S2/c50-45-31-44-46(51-47(48-44)38-12-5-2-6-13-38)30-43(45)37-17-15-34(16-18-37)36-21-26-41(27-22-36)49(42-28-23-33-11-7-8-14-39(33)29-42)40-24-19-35(20-25-40)32-9-3-1-4-10-32/h1-31,50H. The van der Waals surface area contributed by atoms with Crippen LogP contribution >= 0.6 is 24.0 Å². The van der Waals surface area contributed by atoms with Gasteiger partial charge in [-0.25, -0.2) is 4.98 Å². The molecule has 4 heteroatoms. The summed E-state index contributed by atoms with van der Waals surface area (Å²) in [5, 5.41) is 3.47. The molecule has 0 amide bonds. The van der Waals surface area contributed by atoms with Gasteiger partial charge in [0, 0.05) is 27.5 Å². The Hall–Kier alpha value is -5.94. The van der Waals surface area contributed by atoms with Crippen molar-refractivity contribution in [2.24, 2.45) is 0 Å². The van der Waals surface area contributed by atoms with Crippen LogP contribution < -0.4 is 4.90 Å². The van der Waals surface area contributed by atoms with Gasteiger partial charge in [-0.2, -0.15) is 0 Å². The summed E-state index contributed by atoms with van der Waals surface area (Å²) in [6.45, 7) is 0. The van der Waals surface area contributed by atoms with Gasteiger partial charge in [0.25, 0.3) is 0 Å². The number of fused-ring (bicyclic) bond motifs is 2. The van der Waals surface area contributed by atoms with Crippen LogP contribution in [0.2, 0.25) is 0 Å². The number of aromatic nitrogens is 1. The van der Waals surface area contributed by atoms with Crippen molar-refractivity contribution in [3.63, 3.8) is 0 Å². The molecule has 9 aromatic rings. The number of nitrogens with zero attached hydrogens (tertiary/aromatic N) is 2. The second kappa shape index (κ2) is 13.4. The third-order valence-electron chi connectivity index (χ3n) is 9.41. The summed E-state index contributed by atoms with van der Waals surface area (Å²) >= 11 is 6.59. The molecule has 8 aromatic carbocycles. The summed E-state index contributed by atoms with van der Waals surface area (Å²) in [6, 6.07) is 66.9. The molecule has 2 nitrogen and oxygen atoms in total. The number of thiol groups is 1. The predicted octanol–water partition coefficient (Wildman–Crippen LogP) is 13.9. The van der Waals surface area contributed by atoms with Crippen LogP contribution in [0, 0.1) is 0 Å². The minimum atomic E-state index is 0.926. The third kappa shape index (κ3) is 6.21. The van der Waals surface area contributed by atoms with Crippen LogP contribution in [0.1, 0.15) is 0 Å². The Bertz CT molecular complexity index is 2610. The van der Waals surface area contributed by atoms with E-state index in [0.717, 1.165) is 53.9 Å². The molecule has 0 atom stereocenters. The number of hydrogen-bond donors (Lipinski definition) is 1. The predicted molar refractivity (Wildman–Crippen MR) is 221 cm³/mol. The average molecular weight is 689 g/mol. The lowest BCUT2D eigenvalue weighted by molar-refractivity contribution is 1.29. The van der Waals surface area contributed by atoms with Crippen molar-refractivity contribution in [3.8, 4) is 44.0 Å². The van der Waals surface area contributed by atoms with Gasteiger partial charge in [0.15, 0.2) is 0 Å². The van der Waals surface area contributed by atoms with E-state index in [1.807, 2.05) is 6.07 Å². The topological polar surface area (TPSA) is 16.1 Å². The lowest BCUT2D eigenvalue weighted by Crippen LogP contribution is -2.09. The van der Waals surface area contributed by atoms with Crippen LogP contribution in [-0.2, 0) is 0 Å². The summed E-state index contributed by atoms with van der Waals surface area (Å²) in [6.07, 6.45) is 0. The fourth-order valence-corrected chi connectivity index (χ4v) is 8.05. The van der Waals surface area contributed by atoms with Crippen LogP contribution in [0.15, 0.2) is 193 Å². The first-order chi connectivity index (χ1) is 25.2. The Morgan fingerprint density at radius 2 is 0.902 bits per heavy atom. The molecule has 1 aromatic heterocycles. The molecule has 0 saturated carbocycles. The lowest BCUT2D eigenvalue weighted by atomic mass is 9.99. The minimum absolute atomic E-state index is 0.926. The maximum Gasteiger partial charge on any atom is 0.124 e. The molecule has 0 saturated heterocycles. The highest BCUT2D eigenvalue weighted by Gasteiger charge is 2.15. The molecule has 0 N–H and O–H groups in total. The van der Waals surface area contributed by atoms with Crippen molar-refractivity contribution in [3.05, 3.63) is 188 Å². The molecule has 0 unspecified atom stereocenters. The van der Waals surface area contributed by atoms with Gasteiger partial charge in [0.1, 0.15) is 5.01 Å². The molecule has 0 aliphatic rings. The first-order valence-corrected chi connectivity index (χ1v) is 18.3. The number of rotatable bonds is 7. The highest BCUT2D eigenvalue weighted by Crippen LogP contribution is 2.40. The monoisotopic (exact) mass is 688 g/mol. The van der Waals surface area contributed by atoms with Crippen LogP contribution in [0.5, 0.6) is 0 Å². The fraction of sp³-hybridized carbons (Fsp3) is 0. The highest BCUT2D eigenvalue weighted by molar-refractivity contribution is 7.80. The molecule has 0 radical (unpaired) electrons.